The van der Waals surface area contributed by atoms with Crippen molar-refractivity contribution < 1.29 is 13.8 Å². The van der Waals surface area contributed by atoms with E-state index in [1.54, 1.807) is 6.07 Å². The molecule has 2 nitrogen and oxygen atoms in total. The summed E-state index contributed by atoms with van der Waals surface area (Å²) in [7, 11) is -2.80. The Morgan fingerprint density at radius 1 is 1.06 bits per heavy atom. The van der Waals surface area contributed by atoms with Gasteiger partial charge in [0.1, 0.15) is 0 Å². The third kappa shape index (κ3) is 3.43. The van der Waals surface area contributed by atoms with Gasteiger partial charge in [-0.25, -0.2) is 0 Å². The molecule has 18 heavy (non-hydrogen) atoms. The minimum absolute atomic E-state index is 0.00485. The van der Waals surface area contributed by atoms with Gasteiger partial charge in [-0.15, -0.1) is 4.73 Å². The standard InChI is InChI=1S/C14H22FO2P/c1-13(2,3)10-7-8-12(18(16)17-15)11(9-10)14(4,5)6/h7-9,18H,1-6H3. The Morgan fingerprint density at radius 2 is 1.61 bits per heavy atom. The fraction of sp³-hybridized carbons (Fsp3) is 0.571. The summed E-state index contributed by atoms with van der Waals surface area (Å²) in [5.41, 5.74) is 1.83. The van der Waals surface area contributed by atoms with Gasteiger partial charge in [0, 0.05) is 5.30 Å². The summed E-state index contributed by atoms with van der Waals surface area (Å²) in [6.45, 7) is 12.4. The van der Waals surface area contributed by atoms with Crippen molar-refractivity contribution >= 4 is 13.3 Å². The van der Waals surface area contributed by atoms with E-state index in [4.69, 9.17) is 0 Å². The highest BCUT2D eigenvalue weighted by molar-refractivity contribution is 7.48. The Morgan fingerprint density at radius 3 is 2.00 bits per heavy atom. The van der Waals surface area contributed by atoms with E-state index in [-0.39, 0.29) is 10.8 Å². The van der Waals surface area contributed by atoms with Crippen molar-refractivity contribution in [2.45, 2.75) is 52.4 Å². The highest BCUT2D eigenvalue weighted by Gasteiger charge is 2.24. The van der Waals surface area contributed by atoms with Crippen LogP contribution in [0.1, 0.15) is 52.7 Å². The minimum Gasteiger partial charge on any atom is -0.288 e. The monoisotopic (exact) mass is 272 g/mol. The van der Waals surface area contributed by atoms with Gasteiger partial charge in [-0.3, -0.25) is 4.57 Å². The van der Waals surface area contributed by atoms with Crippen LogP contribution in [0.15, 0.2) is 18.2 Å². The first-order valence-electron chi connectivity index (χ1n) is 6.05. The molecule has 102 valence electrons. The molecule has 0 aliphatic heterocycles. The zero-order valence-corrected chi connectivity index (χ0v) is 12.9. The Hall–Kier alpha value is -0.660. The smallest absolute Gasteiger partial charge is 0.258 e. The molecule has 0 heterocycles. The lowest BCUT2D eigenvalue weighted by molar-refractivity contribution is 0.00726. The summed E-state index contributed by atoms with van der Waals surface area (Å²) in [5, 5.41) is 0.475. The molecule has 0 radical (unpaired) electrons. The molecule has 0 aliphatic carbocycles. The van der Waals surface area contributed by atoms with Crippen LogP contribution in [0.5, 0.6) is 0 Å². The second-order valence-electron chi connectivity index (χ2n) is 6.62. The molecule has 0 spiro atoms. The second-order valence-corrected chi connectivity index (χ2v) is 7.89. The fourth-order valence-corrected chi connectivity index (χ4v) is 2.82. The first-order chi connectivity index (χ1) is 8.07. The van der Waals surface area contributed by atoms with Crippen molar-refractivity contribution in [3.8, 4) is 0 Å². The average molecular weight is 272 g/mol. The topological polar surface area (TPSA) is 26.3 Å². The van der Waals surface area contributed by atoms with Crippen LogP contribution >= 0.6 is 8.03 Å². The van der Waals surface area contributed by atoms with Crippen molar-refractivity contribution in [2.24, 2.45) is 0 Å². The van der Waals surface area contributed by atoms with Gasteiger partial charge in [0.05, 0.1) is 0 Å². The van der Waals surface area contributed by atoms with Crippen molar-refractivity contribution in [3.05, 3.63) is 29.3 Å². The van der Waals surface area contributed by atoms with Crippen LogP contribution in [0, 0.1) is 0 Å². The van der Waals surface area contributed by atoms with Gasteiger partial charge >= 0.3 is 0 Å². The van der Waals surface area contributed by atoms with Gasteiger partial charge < -0.3 is 0 Å². The Bertz CT molecular complexity index is 456. The Kier molecular flexibility index (Phi) is 4.40. The predicted octanol–water partition coefficient (Wildman–Crippen LogP) is 4.28. The zero-order chi connectivity index (χ0) is 14.1. The molecule has 0 aliphatic rings. The largest absolute Gasteiger partial charge is 0.288 e. The molecule has 0 saturated carbocycles. The van der Waals surface area contributed by atoms with E-state index in [0.29, 0.717) is 5.30 Å². The third-order valence-corrected chi connectivity index (χ3v) is 4.00. The Balaban J connectivity index is 3.44. The highest BCUT2D eigenvalue weighted by atomic mass is 31.1. The molecule has 4 heteroatoms. The molecule has 1 atom stereocenters. The normalized spacial score (nSPS) is 14.6. The molecule has 0 fully saturated rings. The van der Waals surface area contributed by atoms with Crippen molar-refractivity contribution in [3.63, 3.8) is 0 Å². The van der Waals surface area contributed by atoms with Crippen LogP contribution in [-0.2, 0) is 20.1 Å². The quantitative estimate of drug-likeness (QED) is 0.751. The number of hydrogen-bond donors (Lipinski definition) is 0. The lowest BCUT2D eigenvalue weighted by Crippen LogP contribution is -2.23. The molecule has 1 unspecified atom stereocenters. The number of halogens is 1. The lowest BCUT2D eigenvalue weighted by Gasteiger charge is -2.26. The van der Waals surface area contributed by atoms with E-state index >= 15 is 0 Å². The van der Waals surface area contributed by atoms with Crippen LogP contribution in [0.3, 0.4) is 0 Å². The second kappa shape index (κ2) is 5.14. The van der Waals surface area contributed by atoms with Gasteiger partial charge in [0.25, 0.3) is 8.03 Å². The van der Waals surface area contributed by atoms with Crippen molar-refractivity contribution in [2.75, 3.05) is 0 Å². The van der Waals surface area contributed by atoms with Gasteiger partial charge in [-0.1, -0.05) is 53.7 Å². The van der Waals surface area contributed by atoms with Crippen LogP contribution in [-0.4, -0.2) is 0 Å². The summed E-state index contributed by atoms with van der Waals surface area (Å²) in [6, 6.07) is 5.63. The zero-order valence-electron chi connectivity index (χ0n) is 11.9. The first-order valence-corrected chi connectivity index (χ1v) is 7.37. The van der Waals surface area contributed by atoms with Gasteiger partial charge in [0.2, 0.25) is 0 Å². The number of benzene rings is 1. The summed E-state index contributed by atoms with van der Waals surface area (Å²) in [5.74, 6) is 0. The molecular formula is C14H22FO2P. The molecule has 1 rings (SSSR count). The van der Waals surface area contributed by atoms with Crippen LogP contribution in [0.2, 0.25) is 0 Å². The van der Waals surface area contributed by atoms with E-state index in [1.807, 2.05) is 32.9 Å². The van der Waals surface area contributed by atoms with E-state index in [0.717, 1.165) is 11.1 Å². The van der Waals surface area contributed by atoms with Crippen LogP contribution in [0.4, 0.5) is 4.53 Å². The SMILES string of the molecule is CC(C)(C)c1ccc([PH](=O)OF)c(C(C)(C)C)c1. The van der Waals surface area contributed by atoms with Crippen LogP contribution < -0.4 is 5.30 Å². The van der Waals surface area contributed by atoms with E-state index < -0.39 is 8.03 Å². The molecule has 1 aromatic rings. The maximum Gasteiger partial charge on any atom is 0.258 e. The minimum atomic E-state index is -2.80. The Labute approximate surface area is 109 Å². The van der Waals surface area contributed by atoms with Gasteiger partial charge in [-0.2, -0.15) is 0 Å². The van der Waals surface area contributed by atoms with E-state index in [1.165, 1.54) is 0 Å². The molecule has 1 aromatic carbocycles. The maximum atomic E-state index is 12.2. The predicted molar refractivity (Wildman–Crippen MR) is 74.7 cm³/mol. The van der Waals surface area contributed by atoms with E-state index in [9.17, 15) is 9.09 Å². The molecule has 0 bridgehead atoms. The summed E-state index contributed by atoms with van der Waals surface area (Å²) in [4.78, 5) is 0. The highest BCUT2D eigenvalue weighted by Crippen LogP contribution is 2.33. The molecule has 0 amide bonds. The third-order valence-electron chi connectivity index (χ3n) is 2.98. The summed E-state index contributed by atoms with van der Waals surface area (Å²) < 4.78 is 27.4. The number of hydrogen-bond acceptors (Lipinski definition) is 2. The average Bonchev–Trinajstić information content (AvgIpc) is 2.24. The maximum absolute atomic E-state index is 12.2. The van der Waals surface area contributed by atoms with Crippen LogP contribution in [0.25, 0.3) is 0 Å². The summed E-state index contributed by atoms with van der Waals surface area (Å²) >= 11 is 0. The summed E-state index contributed by atoms with van der Waals surface area (Å²) in [6.07, 6.45) is 0. The fourth-order valence-electron chi connectivity index (χ4n) is 1.85. The number of rotatable bonds is 2. The molecule has 0 aromatic heterocycles. The van der Waals surface area contributed by atoms with Gasteiger partial charge in [0.15, 0.2) is 0 Å². The molecule has 0 N–H and O–H groups in total. The van der Waals surface area contributed by atoms with Gasteiger partial charge in [-0.05, 0) is 32.5 Å². The van der Waals surface area contributed by atoms with Crippen molar-refractivity contribution in [1.82, 2.24) is 0 Å². The lowest BCUT2D eigenvalue weighted by atomic mass is 9.81. The molecular weight excluding hydrogens is 250 g/mol. The first kappa shape index (κ1) is 15.4. The van der Waals surface area contributed by atoms with Crippen molar-refractivity contribution in [1.29, 1.82) is 0 Å². The van der Waals surface area contributed by atoms with E-state index in [2.05, 4.69) is 25.5 Å². The molecule has 0 saturated heterocycles.